The van der Waals surface area contributed by atoms with E-state index in [0.29, 0.717) is 43.5 Å². The van der Waals surface area contributed by atoms with E-state index < -0.39 is 5.67 Å². The van der Waals surface area contributed by atoms with E-state index in [9.17, 15) is 4.79 Å². The molecule has 3 heterocycles. The van der Waals surface area contributed by atoms with Crippen molar-refractivity contribution in [2.75, 3.05) is 0 Å². The average Bonchev–Trinajstić information content (AvgIpc) is 3.27. The lowest BCUT2D eigenvalue weighted by molar-refractivity contribution is 0.266. The SMILES string of the molecule is Cn1cncc1C(F)(c1ccc(Cl)cc1)c1cnc2c(c1)c(-c1cccc(Cl)c1)cc(=O)n2C. The van der Waals surface area contributed by atoms with E-state index in [4.69, 9.17) is 23.2 Å². The van der Waals surface area contributed by atoms with Crippen molar-refractivity contribution in [1.29, 1.82) is 0 Å². The Hall–Kier alpha value is -3.48. The van der Waals surface area contributed by atoms with Crippen LogP contribution in [-0.2, 0) is 19.8 Å². The minimum atomic E-state index is -2.07. The van der Waals surface area contributed by atoms with E-state index >= 15 is 4.39 Å². The number of fused-ring (bicyclic) bond motifs is 1. The number of hydrogen-bond acceptors (Lipinski definition) is 3. The smallest absolute Gasteiger partial charge is 0.252 e. The summed E-state index contributed by atoms with van der Waals surface area (Å²) in [4.78, 5) is 21.3. The molecule has 5 rings (SSSR count). The molecule has 0 aliphatic heterocycles. The van der Waals surface area contributed by atoms with Crippen LogP contribution in [0.5, 0.6) is 0 Å². The van der Waals surface area contributed by atoms with Crippen molar-refractivity contribution in [3.63, 3.8) is 0 Å². The van der Waals surface area contributed by atoms with Crippen molar-refractivity contribution < 1.29 is 4.39 Å². The zero-order chi connectivity index (χ0) is 24.0. The molecule has 0 spiro atoms. The van der Waals surface area contributed by atoms with Gasteiger partial charge in [0.2, 0.25) is 5.67 Å². The third-order valence-electron chi connectivity index (χ3n) is 6.02. The Kier molecular flexibility index (Phi) is 5.50. The van der Waals surface area contributed by atoms with Crippen molar-refractivity contribution in [3.05, 3.63) is 117 Å². The Balaban J connectivity index is 1.84. The number of nitrogens with zero attached hydrogens (tertiary/aromatic N) is 4. The topological polar surface area (TPSA) is 52.7 Å². The van der Waals surface area contributed by atoms with Gasteiger partial charge in [-0.25, -0.2) is 14.4 Å². The number of hydrogen-bond donors (Lipinski definition) is 0. The van der Waals surface area contributed by atoms with Crippen molar-refractivity contribution in [2.24, 2.45) is 14.1 Å². The molecule has 0 saturated carbocycles. The molecule has 0 aliphatic rings. The Morgan fingerprint density at radius 3 is 2.35 bits per heavy atom. The van der Waals surface area contributed by atoms with E-state index in [2.05, 4.69) is 9.97 Å². The maximum absolute atomic E-state index is 17.3. The summed E-state index contributed by atoms with van der Waals surface area (Å²) < 4.78 is 20.4. The number of imidazole rings is 1. The fraction of sp³-hybridized carbons (Fsp3) is 0.115. The molecule has 8 heteroatoms. The summed E-state index contributed by atoms with van der Waals surface area (Å²) in [6.07, 6.45) is 4.51. The number of aromatic nitrogens is 4. The van der Waals surface area contributed by atoms with Crippen LogP contribution >= 0.6 is 23.2 Å². The molecule has 170 valence electrons. The molecule has 3 aromatic heterocycles. The third kappa shape index (κ3) is 3.59. The fourth-order valence-corrected chi connectivity index (χ4v) is 4.56. The van der Waals surface area contributed by atoms with Crippen LogP contribution < -0.4 is 5.56 Å². The highest BCUT2D eigenvalue weighted by atomic mass is 35.5. The Bertz CT molecular complexity index is 1590. The molecule has 0 fully saturated rings. The van der Waals surface area contributed by atoms with Crippen molar-refractivity contribution >= 4 is 34.2 Å². The van der Waals surface area contributed by atoms with Gasteiger partial charge in [0.05, 0.1) is 18.2 Å². The van der Waals surface area contributed by atoms with Gasteiger partial charge < -0.3 is 4.57 Å². The molecule has 1 unspecified atom stereocenters. The molecule has 0 N–H and O–H groups in total. The van der Waals surface area contributed by atoms with E-state index in [0.717, 1.165) is 5.56 Å². The Morgan fingerprint density at radius 2 is 1.68 bits per heavy atom. The van der Waals surface area contributed by atoms with Gasteiger partial charge in [-0.2, -0.15) is 0 Å². The molecule has 34 heavy (non-hydrogen) atoms. The fourth-order valence-electron chi connectivity index (χ4n) is 4.24. The van der Waals surface area contributed by atoms with Crippen molar-refractivity contribution in [3.8, 4) is 11.1 Å². The largest absolute Gasteiger partial charge is 0.334 e. The summed E-state index contributed by atoms with van der Waals surface area (Å²) in [6, 6.07) is 17.0. The highest BCUT2D eigenvalue weighted by Crippen LogP contribution is 2.42. The second-order valence-corrected chi connectivity index (χ2v) is 8.99. The third-order valence-corrected chi connectivity index (χ3v) is 6.51. The quantitative estimate of drug-likeness (QED) is 0.313. The Labute approximate surface area is 205 Å². The summed E-state index contributed by atoms with van der Waals surface area (Å²) >= 11 is 12.3. The Morgan fingerprint density at radius 1 is 0.912 bits per heavy atom. The van der Waals surface area contributed by atoms with Gasteiger partial charge >= 0.3 is 0 Å². The van der Waals surface area contributed by atoms with Crippen LogP contribution in [0.2, 0.25) is 10.0 Å². The molecular formula is C26H19Cl2FN4O. The number of halogens is 3. The van der Waals surface area contributed by atoms with E-state index in [1.54, 1.807) is 73.5 Å². The number of rotatable bonds is 4. The van der Waals surface area contributed by atoms with Crippen LogP contribution in [0.15, 0.2) is 84.2 Å². The molecule has 0 saturated heterocycles. The first kappa shape index (κ1) is 22.3. The molecule has 5 aromatic rings. The van der Waals surface area contributed by atoms with Crippen LogP contribution in [0, 0.1) is 0 Å². The predicted octanol–water partition coefficient (Wildman–Crippen LogP) is 5.90. The lowest BCUT2D eigenvalue weighted by Gasteiger charge is -2.27. The molecule has 5 nitrogen and oxygen atoms in total. The number of alkyl halides is 1. The van der Waals surface area contributed by atoms with E-state index in [1.165, 1.54) is 23.0 Å². The molecule has 0 radical (unpaired) electrons. The number of aryl methyl sites for hydroxylation is 2. The molecule has 1 atom stereocenters. The zero-order valence-electron chi connectivity index (χ0n) is 18.3. The highest BCUT2D eigenvalue weighted by molar-refractivity contribution is 6.31. The zero-order valence-corrected chi connectivity index (χ0v) is 19.8. The van der Waals surface area contributed by atoms with Gasteiger partial charge in [0.15, 0.2) is 0 Å². The first-order valence-corrected chi connectivity index (χ1v) is 11.2. The normalized spacial score (nSPS) is 13.2. The predicted molar refractivity (Wildman–Crippen MR) is 133 cm³/mol. The summed E-state index contributed by atoms with van der Waals surface area (Å²) in [7, 11) is 3.38. The van der Waals surface area contributed by atoms with E-state index in [-0.39, 0.29) is 5.56 Å². The van der Waals surface area contributed by atoms with Crippen LogP contribution in [0.3, 0.4) is 0 Å². The average molecular weight is 493 g/mol. The van der Waals surface area contributed by atoms with Gasteiger partial charge in [-0.15, -0.1) is 0 Å². The van der Waals surface area contributed by atoms with Gasteiger partial charge in [0, 0.05) is 47.4 Å². The van der Waals surface area contributed by atoms with Crippen LogP contribution in [-0.4, -0.2) is 19.1 Å². The van der Waals surface area contributed by atoms with Crippen LogP contribution in [0.1, 0.15) is 16.8 Å². The van der Waals surface area contributed by atoms with Gasteiger partial charge in [-0.1, -0.05) is 47.5 Å². The van der Waals surface area contributed by atoms with Crippen LogP contribution in [0.4, 0.5) is 4.39 Å². The number of benzene rings is 2. The second kappa shape index (κ2) is 8.38. The van der Waals surface area contributed by atoms with Crippen LogP contribution in [0.25, 0.3) is 22.2 Å². The van der Waals surface area contributed by atoms with Gasteiger partial charge in [-0.05, 0) is 47.0 Å². The first-order chi connectivity index (χ1) is 16.3. The molecule has 0 aliphatic carbocycles. The maximum atomic E-state index is 17.3. The van der Waals surface area contributed by atoms with Gasteiger partial charge in [0.25, 0.3) is 5.56 Å². The van der Waals surface area contributed by atoms with Gasteiger partial charge in [-0.3, -0.25) is 9.36 Å². The summed E-state index contributed by atoms with van der Waals surface area (Å²) in [5.41, 5.74) is 0.531. The summed E-state index contributed by atoms with van der Waals surface area (Å²) in [6.45, 7) is 0. The standard InChI is InChI=1S/C26H19Cl2FN4O/c1-32-15-30-14-23(32)26(29,17-6-8-19(27)9-7-17)18-11-22-21(16-4-3-5-20(28)10-16)12-24(34)33(2)25(22)31-13-18/h3-15H,1-2H3. The highest BCUT2D eigenvalue weighted by Gasteiger charge is 2.40. The van der Waals surface area contributed by atoms with Crippen molar-refractivity contribution in [2.45, 2.75) is 5.67 Å². The molecule has 0 bridgehead atoms. The minimum Gasteiger partial charge on any atom is -0.334 e. The lowest BCUT2D eigenvalue weighted by atomic mass is 9.85. The van der Waals surface area contributed by atoms with E-state index in [1.807, 2.05) is 6.07 Å². The van der Waals surface area contributed by atoms with Crippen molar-refractivity contribution in [1.82, 2.24) is 19.1 Å². The monoisotopic (exact) mass is 492 g/mol. The summed E-state index contributed by atoms with van der Waals surface area (Å²) in [5, 5.41) is 1.66. The molecule has 0 amide bonds. The second-order valence-electron chi connectivity index (χ2n) is 8.12. The molecule has 2 aromatic carbocycles. The lowest BCUT2D eigenvalue weighted by Crippen LogP contribution is -2.27. The maximum Gasteiger partial charge on any atom is 0.252 e. The number of pyridine rings is 2. The molecular weight excluding hydrogens is 474 g/mol. The first-order valence-electron chi connectivity index (χ1n) is 10.5. The van der Waals surface area contributed by atoms with Gasteiger partial charge in [0.1, 0.15) is 5.65 Å². The summed E-state index contributed by atoms with van der Waals surface area (Å²) in [5.74, 6) is 0. The minimum absolute atomic E-state index is 0.224.